The summed E-state index contributed by atoms with van der Waals surface area (Å²) in [6.07, 6.45) is -9.28. The first kappa shape index (κ1) is 58.2. The topological polar surface area (TPSA) is 315 Å². The van der Waals surface area contributed by atoms with Crippen LogP contribution in [0.4, 0.5) is 0 Å². The fourth-order valence-electron chi connectivity index (χ4n) is 4.71. The van der Waals surface area contributed by atoms with Crippen LogP contribution in [0.5, 0.6) is 0 Å². The Morgan fingerprint density at radius 1 is 0.322 bits per heavy atom. The van der Waals surface area contributed by atoms with E-state index in [4.69, 9.17) is 62.7 Å². The predicted octanol–water partition coefficient (Wildman–Crippen LogP) is -4.03. The molecule has 0 aromatic rings. The van der Waals surface area contributed by atoms with Crippen LogP contribution in [0.3, 0.4) is 0 Å². The van der Waals surface area contributed by atoms with Crippen LogP contribution in [-0.4, -0.2) is 255 Å². The van der Waals surface area contributed by atoms with Crippen molar-refractivity contribution in [1.82, 2.24) is 0 Å². The summed E-state index contributed by atoms with van der Waals surface area (Å²) in [7, 11) is 0. The van der Waals surface area contributed by atoms with Gasteiger partial charge in [-0.2, -0.15) is 0 Å². The summed E-state index contributed by atoms with van der Waals surface area (Å²) in [6, 6.07) is 0. The molecule has 21 nitrogen and oxygen atoms in total. The number of hydrogen-bond donors (Lipinski definition) is 11. The van der Waals surface area contributed by atoms with E-state index in [1.807, 2.05) is 20.8 Å². The molecule has 0 aliphatic rings. The SMILES string of the molecule is CCC(O)COCC(COCC(COCC(COCC(O)CC(C)(C)C)OCC(O)COCC(O)CO)OCC(O)COCC(O)CO)OCC(O)COCC(O)CO. The van der Waals surface area contributed by atoms with Crippen LogP contribution in [0.1, 0.15) is 40.5 Å². The van der Waals surface area contributed by atoms with E-state index in [1.165, 1.54) is 0 Å². The molecular formula is C38H78O21. The Morgan fingerprint density at radius 3 is 0.831 bits per heavy atom. The summed E-state index contributed by atoms with van der Waals surface area (Å²) < 4.78 is 56.3. The lowest BCUT2D eigenvalue weighted by Gasteiger charge is -2.25. The highest BCUT2D eigenvalue weighted by Gasteiger charge is 2.22. The second-order valence-electron chi connectivity index (χ2n) is 15.6. The Labute approximate surface area is 348 Å². The van der Waals surface area contributed by atoms with Gasteiger partial charge in [0.15, 0.2) is 0 Å². The van der Waals surface area contributed by atoms with Gasteiger partial charge >= 0.3 is 0 Å². The molecule has 0 aromatic carbocycles. The third kappa shape index (κ3) is 36.4. The number of ether oxygens (including phenoxy) is 10. The quantitative estimate of drug-likeness (QED) is 0.0278. The van der Waals surface area contributed by atoms with Crippen LogP contribution in [0, 0.1) is 5.41 Å². The highest BCUT2D eigenvalue weighted by molar-refractivity contribution is 4.69. The largest absolute Gasteiger partial charge is 0.394 e. The molecule has 0 rings (SSSR count). The van der Waals surface area contributed by atoms with Crippen LogP contribution in [0.2, 0.25) is 0 Å². The van der Waals surface area contributed by atoms with Crippen LogP contribution < -0.4 is 0 Å². The Kier molecular flexibility index (Phi) is 36.1. The molecule has 0 aliphatic carbocycles. The van der Waals surface area contributed by atoms with Gasteiger partial charge in [0.05, 0.1) is 144 Å². The van der Waals surface area contributed by atoms with Crippen molar-refractivity contribution < 1.29 is 104 Å². The van der Waals surface area contributed by atoms with Gasteiger partial charge in [-0.1, -0.05) is 27.7 Å². The van der Waals surface area contributed by atoms with Crippen molar-refractivity contribution in [3.8, 4) is 0 Å². The highest BCUT2D eigenvalue weighted by atomic mass is 16.6. The summed E-state index contributed by atoms with van der Waals surface area (Å²) in [5.41, 5.74) is -0.133. The Bertz CT molecular complexity index is 919. The maximum absolute atomic E-state index is 10.4. The van der Waals surface area contributed by atoms with Gasteiger partial charge in [0.2, 0.25) is 0 Å². The van der Waals surface area contributed by atoms with Crippen molar-refractivity contribution in [3.63, 3.8) is 0 Å². The molecule has 0 fully saturated rings. The van der Waals surface area contributed by atoms with Crippen molar-refractivity contribution in [2.45, 2.75) is 108 Å². The summed E-state index contributed by atoms with van der Waals surface area (Å²) in [6.45, 7) is 4.31. The van der Waals surface area contributed by atoms with Crippen molar-refractivity contribution in [3.05, 3.63) is 0 Å². The Balaban J connectivity index is 5.58. The molecule has 0 saturated carbocycles. The molecule has 0 amide bonds. The number of rotatable bonds is 42. The van der Waals surface area contributed by atoms with Gasteiger partial charge in [-0.25, -0.2) is 0 Å². The summed E-state index contributed by atoms with van der Waals surface area (Å²) in [5.74, 6) is 0. The molecule has 59 heavy (non-hydrogen) atoms. The second-order valence-corrected chi connectivity index (χ2v) is 15.6. The molecule has 356 valence electrons. The fraction of sp³-hybridized carbons (Fsp3) is 1.00. The lowest BCUT2D eigenvalue weighted by molar-refractivity contribution is -0.135. The lowest BCUT2D eigenvalue weighted by atomic mass is 9.89. The monoisotopic (exact) mass is 871 g/mol. The van der Waals surface area contributed by atoms with E-state index in [0.717, 1.165) is 0 Å². The molecule has 11 unspecified atom stereocenters. The van der Waals surface area contributed by atoms with E-state index in [9.17, 15) is 40.9 Å². The molecule has 0 aliphatic heterocycles. The zero-order valence-electron chi connectivity index (χ0n) is 35.4. The highest BCUT2D eigenvalue weighted by Crippen LogP contribution is 2.20. The van der Waals surface area contributed by atoms with Gasteiger partial charge in [-0.3, -0.25) is 0 Å². The van der Waals surface area contributed by atoms with Crippen LogP contribution in [0.25, 0.3) is 0 Å². The molecule has 0 bridgehead atoms. The first-order valence-corrected chi connectivity index (χ1v) is 20.2. The maximum atomic E-state index is 10.4. The van der Waals surface area contributed by atoms with Crippen molar-refractivity contribution in [1.29, 1.82) is 0 Å². The molecule has 0 heterocycles. The first-order valence-electron chi connectivity index (χ1n) is 20.2. The smallest absolute Gasteiger partial charge is 0.104 e. The minimum absolute atomic E-state index is 0.00594. The van der Waals surface area contributed by atoms with Crippen molar-refractivity contribution >= 4 is 0 Å². The maximum Gasteiger partial charge on any atom is 0.104 e. The van der Waals surface area contributed by atoms with Crippen LogP contribution in [-0.2, 0) is 47.4 Å². The molecule has 11 atom stereocenters. The van der Waals surface area contributed by atoms with E-state index in [2.05, 4.69) is 0 Å². The third-order valence-corrected chi connectivity index (χ3v) is 7.83. The number of hydrogen-bond acceptors (Lipinski definition) is 21. The molecule has 0 aromatic heterocycles. The molecular weight excluding hydrogens is 792 g/mol. The van der Waals surface area contributed by atoms with Gasteiger partial charge in [0.25, 0.3) is 0 Å². The molecule has 21 heteroatoms. The first-order chi connectivity index (χ1) is 28.0. The minimum atomic E-state index is -1.12. The van der Waals surface area contributed by atoms with Gasteiger partial charge in [-0.05, 0) is 18.3 Å². The zero-order valence-corrected chi connectivity index (χ0v) is 35.4. The molecule has 0 saturated heterocycles. The van der Waals surface area contributed by atoms with Crippen LogP contribution >= 0.6 is 0 Å². The van der Waals surface area contributed by atoms with E-state index < -0.39 is 87.0 Å². The summed E-state index contributed by atoms with van der Waals surface area (Å²) >= 11 is 0. The minimum Gasteiger partial charge on any atom is -0.394 e. The average molecular weight is 871 g/mol. The Hall–Kier alpha value is -0.840. The number of aliphatic hydroxyl groups is 11. The molecule has 11 N–H and O–H groups in total. The predicted molar refractivity (Wildman–Crippen MR) is 209 cm³/mol. The van der Waals surface area contributed by atoms with E-state index in [1.54, 1.807) is 6.92 Å². The van der Waals surface area contributed by atoms with Gasteiger partial charge in [0, 0.05) is 0 Å². The van der Waals surface area contributed by atoms with Crippen molar-refractivity contribution in [2.24, 2.45) is 5.41 Å². The van der Waals surface area contributed by atoms with E-state index in [0.29, 0.717) is 12.8 Å². The van der Waals surface area contributed by atoms with Crippen molar-refractivity contribution in [2.75, 3.05) is 132 Å². The van der Waals surface area contributed by atoms with Crippen LogP contribution in [0.15, 0.2) is 0 Å². The summed E-state index contributed by atoms with van der Waals surface area (Å²) in [5, 5.41) is 107. The normalized spacial score (nSPS) is 18.2. The molecule has 0 radical (unpaired) electrons. The van der Waals surface area contributed by atoms with E-state index >= 15 is 0 Å². The fourth-order valence-corrected chi connectivity index (χ4v) is 4.71. The zero-order chi connectivity index (χ0) is 44.5. The Morgan fingerprint density at radius 2 is 0.559 bits per heavy atom. The summed E-state index contributed by atoms with van der Waals surface area (Å²) in [4.78, 5) is 0. The standard InChI is InChI=1S/C38H78O21/c1-5-27(42)10-53-21-35(57-18-32(47)15-50-12-29(44)7-39)23-55-25-37(59-20-34(49)17-52-14-31(46)9-41)26-56-24-36(22-54-11-28(43)6-38(2,3)4)58-19-33(48)16-51-13-30(45)8-40/h27-37,39-49H,5-26H2,1-4H3. The lowest BCUT2D eigenvalue weighted by Crippen LogP contribution is -2.37. The van der Waals surface area contributed by atoms with E-state index in [-0.39, 0.29) is 118 Å². The average Bonchev–Trinajstić information content (AvgIpc) is 3.19. The number of aliphatic hydroxyl groups excluding tert-OH is 11. The third-order valence-electron chi connectivity index (χ3n) is 7.83. The second kappa shape index (κ2) is 36.6. The molecule has 0 spiro atoms. The van der Waals surface area contributed by atoms with Gasteiger partial charge < -0.3 is 104 Å². The van der Waals surface area contributed by atoms with Gasteiger partial charge in [0.1, 0.15) is 54.9 Å². The van der Waals surface area contributed by atoms with Gasteiger partial charge in [-0.15, -0.1) is 0 Å².